The number of nitrogens with zero attached hydrogens (tertiary/aromatic N) is 1. The third-order valence-electron chi connectivity index (χ3n) is 3.44. The first kappa shape index (κ1) is 22.2. The topological polar surface area (TPSA) is 102 Å². The predicted molar refractivity (Wildman–Crippen MR) is 106 cm³/mol. The number of thiophene rings is 1. The van der Waals surface area contributed by atoms with Crippen molar-refractivity contribution in [3.05, 3.63) is 41.8 Å². The lowest BCUT2D eigenvalue weighted by Gasteiger charge is -2.18. The Morgan fingerprint density at radius 2 is 1.96 bits per heavy atom. The molecule has 0 unspecified atom stereocenters. The van der Waals surface area contributed by atoms with Crippen molar-refractivity contribution in [1.29, 1.82) is 0 Å². The number of rotatable bonds is 8. The zero-order valence-corrected chi connectivity index (χ0v) is 16.9. The Labute approximate surface area is 163 Å². The van der Waals surface area contributed by atoms with E-state index in [2.05, 4.69) is 5.32 Å². The largest absolute Gasteiger partial charge is 0.484 e. The van der Waals surface area contributed by atoms with Gasteiger partial charge in [0, 0.05) is 19.6 Å². The maximum absolute atomic E-state index is 12.5. The van der Waals surface area contributed by atoms with Crippen LogP contribution in [0, 0.1) is 0 Å². The molecule has 0 aliphatic heterocycles. The van der Waals surface area contributed by atoms with Gasteiger partial charge in [0.25, 0.3) is 15.9 Å². The van der Waals surface area contributed by atoms with Crippen LogP contribution < -0.4 is 20.1 Å². The van der Waals surface area contributed by atoms with Gasteiger partial charge in [0.2, 0.25) is 0 Å². The smallest absolute Gasteiger partial charge is 0.273 e. The van der Waals surface area contributed by atoms with Crippen LogP contribution >= 0.6 is 23.7 Å². The Bertz CT molecular complexity index is 795. The molecule has 3 N–H and O–H groups in total. The standard InChI is InChI=1S/C16H21N3O4S2.ClH/c1-12(10-17)18-15(20)11-23-14-7-5-13(6-8-14)19(2)25(21,22)16-4-3-9-24-16;/h3-9,12H,10-11,17H2,1-2H3,(H,18,20);1H/t12-;/m0./s1. The van der Waals surface area contributed by atoms with Crippen LogP contribution in [0.25, 0.3) is 0 Å². The lowest BCUT2D eigenvalue weighted by Crippen LogP contribution is -2.40. The number of benzene rings is 1. The molecule has 0 radical (unpaired) electrons. The lowest BCUT2D eigenvalue weighted by atomic mass is 10.3. The zero-order chi connectivity index (χ0) is 18.4. The summed E-state index contributed by atoms with van der Waals surface area (Å²) >= 11 is 1.17. The quantitative estimate of drug-likeness (QED) is 0.679. The highest BCUT2D eigenvalue weighted by Gasteiger charge is 2.22. The summed E-state index contributed by atoms with van der Waals surface area (Å²) in [5.74, 6) is 0.209. The number of carbonyl (C=O) groups is 1. The molecule has 10 heteroatoms. The maximum Gasteiger partial charge on any atom is 0.273 e. The van der Waals surface area contributed by atoms with Gasteiger partial charge in [0.15, 0.2) is 6.61 Å². The number of carbonyl (C=O) groups excluding carboxylic acids is 1. The van der Waals surface area contributed by atoms with Gasteiger partial charge in [-0.25, -0.2) is 8.42 Å². The van der Waals surface area contributed by atoms with Crippen LogP contribution in [-0.2, 0) is 14.8 Å². The summed E-state index contributed by atoms with van der Waals surface area (Å²) in [6.45, 7) is 2.02. The fourth-order valence-corrected chi connectivity index (χ4v) is 4.32. The van der Waals surface area contributed by atoms with Crippen molar-refractivity contribution in [3.8, 4) is 5.75 Å². The van der Waals surface area contributed by atoms with E-state index < -0.39 is 10.0 Å². The average molecular weight is 420 g/mol. The van der Waals surface area contributed by atoms with E-state index in [0.29, 0.717) is 18.0 Å². The Kier molecular flexibility index (Phi) is 8.35. The van der Waals surface area contributed by atoms with Crippen molar-refractivity contribution < 1.29 is 17.9 Å². The molecule has 0 bridgehead atoms. The van der Waals surface area contributed by atoms with E-state index >= 15 is 0 Å². The van der Waals surface area contributed by atoms with Gasteiger partial charge in [-0.3, -0.25) is 9.10 Å². The van der Waals surface area contributed by atoms with Crippen LogP contribution in [0.3, 0.4) is 0 Å². The minimum atomic E-state index is -3.57. The number of amides is 1. The summed E-state index contributed by atoms with van der Waals surface area (Å²) in [6.07, 6.45) is 0. The molecule has 2 aromatic rings. The number of anilines is 1. The van der Waals surface area contributed by atoms with Gasteiger partial charge in [-0.15, -0.1) is 23.7 Å². The molecule has 1 aromatic heterocycles. The van der Waals surface area contributed by atoms with Crippen LogP contribution in [-0.4, -0.2) is 40.6 Å². The summed E-state index contributed by atoms with van der Waals surface area (Å²) in [7, 11) is -2.08. The van der Waals surface area contributed by atoms with E-state index in [1.165, 1.54) is 22.7 Å². The summed E-state index contributed by atoms with van der Waals surface area (Å²) < 4.78 is 31.8. The summed E-state index contributed by atoms with van der Waals surface area (Å²) in [5, 5.41) is 4.41. The van der Waals surface area contributed by atoms with Crippen molar-refractivity contribution in [2.45, 2.75) is 17.2 Å². The number of halogens is 1. The molecule has 0 saturated carbocycles. The Morgan fingerprint density at radius 1 is 1.31 bits per heavy atom. The molecule has 26 heavy (non-hydrogen) atoms. The summed E-state index contributed by atoms with van der Waals surface area (Å²) in [4.78, 5) is 11.6. The molecule has 0 aliphatic carbocycles. The monoisotopic (exact) mass is 419 g/mol. The van der Waals surface area contributed by atoms with Crippen LogP contribution in [0.1, 0.15) is 6.92 Å². The minimum Gasteiger partial charge on any atom is -0.484 e. The molecule has 1 amide bonds. The van der Waals surface area contributed by atoms with E-state index in [0.717, 1.165) is 0 Å². The second kappa shape index (κ2) is 9.77. The highest BCUT2D eigenvalue weighted by atomic mass is 35.5. The van der Waals surface area contributed by atoms with E-state index in [1.54, 1.807) is 48.7 Å². The number of hydrogen-bond donors (Lipinski definition) is 2. The first-order valence-corrected chi connectivity index (χ1v) is 9.91. The fraction of sp³-hybridized carbons (Fsp3) is 0.312. The number of hydrogen-bond acceptors (Lipinski definition) is 6. The third kappa shape index (κ3) is 5.60. The third-order valence-corrected chi connectivity index (χ3v) is 6.60. The lowest BCUT2D eigenvalue weighted by molar-refractivity contribution is -0.123. The van der Waals surface area contributed by atoms with Crippen LogP contribution in [0.15, 0.2) is 46.0 Å². The molecule has 1 aromatic carbocycles. The molecular formula is C16H22ClN3O4S2. The molecule has 0 aliphatic rings. The van der Waals surface area contributed by atoms with E-state index in [-0.39, 0.29) is 35.2 Å². The van der Waals surface area contributed by atoms with E-state index in [1.807, 2.05) is 0 Å². The molecule has 2 rings (SSSR count). The van der Waals surface area contributed by atoms with Gasteiger partial charge in [-0.2, -0.15) is 0 Å². The van der Waals surface area contributed by atoms with Crippen LogP contribution in [0.5, 0.6) is 5.75 Å². The van der Waals surface area contributed by atoms with Crippen LogP contribution in [0.4, 0.5) is 5.69 Å². The number of sulfonamides is 1. The first-order valence-electron chi connectivity index (χ1n) is 7.59. The van der Waals surface area contributed by atoms with Crippen molar-refractivity contribution in [1.82, 2.24) is 5.32 Å². The van der Waals surface area contributed by atoms with Crippen molar-refractivity contribution in [2.75, 3.05) is 24.5 Å². The van der Waals surface area contributed by atoms with Gasteiger partial charge in [0.1, 0.15) is 9.96 Å². The molecule has 7 nitrogen and oxygen atoms in total. The molecule has 0 saturated heterocycles. The second-order valence-corrected chi connectivity index (χ2v) is 8.54. The highest BCUT2D eigenvalue weighted by Crippen LogP contribution is 2.26. The molecule has 1 heterocycles. The highest BCUT2D eigenvalue weighted by molar-refractivity contribution is 7.94. The minimum absolute atomic E-state index is 0. The Balaban J connectivity index is 0.00000338. The van der Waals surface area contributed by atoms with Gasteiger partial charge in [-0.05, 0) is 42.6 Å². The molecular weight excluding hydrogens is 398 g/mol. The Hall–Kier alpha value is -1.81. The average Bonchev–Trinajstić information content (AvgIpc) is 3.15. The SMILES string of the molecule is C[C@@H](CN)NC(=O)COc1ccc(N(C)S(=O)(=O)c2cccs2)cc1.Cl. The van der Waals surface area contributed by atoms with Crippen molar-refractivity contribution in [2.24, 2.45) is 5.73 Å². The van der Waals surface area contributed by atoms with Gasteiger partial charge >= 0.3 is 0 Å². The fourth-order valence-electron chi connectivity index (χ4n) is 1.96. The molecule has 144 valence electrons. The second-order valence-electron chi connectivity index (χ2n) is 5.39. The Morgan fingerprint density at radius 3 is 2.50 bits per heavy atom. The van der Waals surface area contributed by atoms with Crippen molar-refractivity contribution in [3.63, 3.8) is 0 Å². The number of ether oxygens (including phenoxy) is 1. The number of nitrogens with two attached hydrogens (primary N) is 1. The van der Waals surface area contributed by atoms with E-state index in [4.69, 9.17) is 10.5 Å². The normalized spacial score (nSPS) is 12.0. The van der Waals surface area contributed by atoms with Crippen LogP contribution in [0.2, 0.25) is 0 Å². The summed E-state index contributed by atoms with van der Waals surface area (Å²) in [6, 6.07) is 9.63. The molecule has 1 atom stereocenters. The van der Waals surface area contributed by atoms with Gasteiger partial charge in [0.05, 0.1) is 5.69 Å². The first-order chi connectivity index (χ1) is 11.8. The van der Waals surface area contributed by atoms with Crippen molar-refractivity contribution >= 4 is 45.4 Å². The summed E-state index contributed by atoms with van der Waals surface area (Å²) in [5.41, 5.74) is 5.94. The number of nitrogens with one attached hydrogen (secondary N) is 1. The zero-order valence-electron chi connectivity index (χ0n) is 14.4. The molecule has 0 fully saturated rings. The predicted octanol–water partition coefficient (Wildman–Crippen LogP) is 1.84. The van der Waals surface area contributed by atoms with Gasteiger partial charge < -0.3 is 15.8 Å². The van der Waals surface area contributed by atoms with E-state index in [9.17, 15) is 13.2 Å². The van der Waals surface area contributed by atoms with Gasteiger partial charge in [-0.1, -0.05) is 6.07 Å². The maximum atomic E-state index is 12.5. The molecule has 0 spiro atoms.